The third-order valence-corrected chi connectivity index (χ3v) is 11.4. The van der Waals surface area contributed by atoms with Gasteiger partial charge in [-0.25, -0.2) is 17.9 Å². The molecular formula is C45H46N8O8S. The maximum Gasteiger partial charge on any atom is 0.335 e. The van der Waals surface area contributed by atoms with Crippen LogP contribution in [-0.2, 0) is 80.3 Å². The molecule has 9 N–H and O–H groups in total. The third-order valence-electron chi connectivity index (χ3n) is 10.0. The first-order valence-electron chi connectivity index (χ1n) is 19.7. The van der Waals surface area contributed by atoms with E-state index < -0.39 is 45.6 Å². The lowest BCUT2D eigenvalue weighted by molar-refractivity contribution is -0.129. The molecule has 6 bridgehead atoms. The van der Waals surface area contributed by atoms with Crippen LogP contribution in [0.25, 0.3) is 0 Å². The Hall–Kier alpha value is -7.24. The highest BCUT2D eigenvalue weighted by molar-refractivity contribution is 7.88. The van der Waals surface area contributed by atoms with E-state index in [1.807, 2.05) is 0 Å². The molecule has 4 heterocycles. The van der Waals surface area contributed by atoms with Gasteiger partial charge in [0.2, 0.25) is 33.7 Å². The zero-order valence-corrected chi connectivity index (χ0v) is 34.3. The van der Waals surface area contributed by atoms with Crippen LogP contribution in [0.1, 0.15) is 60.7 Å². The van der Waals surface area contributed by atoms with Crippen molar-refractivity contribution in [3.8, 4) is 0 Å². The van der Waals surface area contributed by atoms with Crippen LogP contribution in [0.15, 0.2) is 115 Å². The second-order valence-electron chi connectivity index (χ2n) is 14.9. The molecule has 5 aromatic rings. The fraction of sp³-hybridized carbons (Fsp3) is 0.222. The molecule has 0 saturated heterocycles. The van der Waals surface area contributed by atoms with Crippen LogP contribution in [0.3, 0.4) is 0 Å². The van der Waals surface area contributed by atoms with Gasteiger partial charge >= 0.3 is 5.97 Å². The maximum absolute atomic E-state index is 14.3. The van der Waals surface area contributed by atoms with E-state index in [0.29, 0.717) is 33.6 Å². The van der Waals surface area contributed by atoms with E-state index >= 15 is 0 Å². The van der Waals surface area contributed by atoms with Gasteiger partial charge < -0.3 is 32.1 Å². The minimum Gasteiger partial charge on any atom is -0.478 e. The number of nitrogens with zero attached hydrogens (tertiary/aromatic N) is 1. The van der Waals surface area contributed by atoms with Gasteiger partial charge in [-0.15, -0.1) is 0 Å². The minimum absolute atomic E-state index is 0.00619. The van der Waals surface area contributed by atoms with Gasteiger partial charge in [0.1, 0.15) is 17.9 Å². The predicted molar refractivity (Wildman–Crippen MR) is 230 cm³/mol. The average molecular weight is 859 g/mol. The Kier molecular flexibility index (Phi) is 14.5. The van der Waals surface area contributed by atoms with E-state index in [1.54, 1.807) is 91.0 Å². The van der Waals surface area contributed by atoms with Crippen LogP contribution >= 0.6 is 0 Å². The number of carboxylic acids is 1. The Morgan fingerprint density at radius 2 is 1.21 bits per heavy atom. The van der Waals surface area contributed by atoms with Gasteiger partial charge in [0, 0.05) is 43.0 Å². The van der Waals surface area contributed by atoms with E-state index in [0.717, 1.165) is 11.1 Å². The van der Waals surface area contributed by atoms with Crippen molar-refractivity contribution < 1.29 is 37.5 Å². The number of sulfonamides is 1. The number of amidine groups is 1. The van der Waals surface area contributed by atoms with E-state index in [2.05, 4.69) is 31.0 Å². The van der Waals surface area contributed by atoms with Crippen LogP contribution in [0, 0.1) is 5.41 Å². The summed E-state index contributed by atoms with van der Waals surface area (Å²) in [5.41, 5.74) is 10.8. The second-order valence-corrected chi connectivity index (χ2v) is 16.6. The normalized spacial score (nSPS) is 16.5. The highest BCUT2D eigenvalue weighted by Gasteiger charge is 2.30. The van der Waals surface area contributed by atoms with Crippen molar-refractivity contribution in [1.82, 2.24) is 31.0 Å². The fourth-order valence-corrected chi connectivity index (χ4v) is 7.98. The Morgan fingerprint density at radius 1 is 0.710 bits per heavy atom. The number of nitrogens with one attached hydrogen (secondary N) is 6. The number of nitrogens with two attached hydrogens (primary N) is 1. The maximum atomic E-state index is 14.3. The molecule has 3 aliphatic rings. The van der Waals surface area contributed by atoms with Gasteiger partial charge in [-0.05, 0) is 64.1 Å². The molecule has 4 aromatic carbocycles. The monoisotopic (exact) mass is 858 g/mol. The molecule has 0 radical (unpaired) electrons. The number of aromatic nitrogens is 1. The van der Waals surface area contributed by atoms with Crippen molar-refractivity contribution in [2.75, 3.05) is 0 Å². The quantitative estimate of drug-likeness (QED) is 0.0791. The molecule has 0 fully saturated rings. The molecule has 17 heteroatoms. The van der Waals surface area contributed by atoms with E-state index in [4.69, 9.17) is 11.1 Å². The summed E-state index contributed by atoms with van der Waals surface area (Å²) in [6.45, 7) is 0.455. The van der Waals surface area contributed by atoms with Crippen molar-refractivity contribution in [2.45, 2.75) is 63.2 Å². The lowest BCUT2D eigenvalue weighted by Crippen LogP contribution is -2.55. The number of aromatic carboxylic acids is 1. The number of benzene rings is 4. The smallest absolute Gasteiger partial charge is 0.335 e. The molecule has 1 aromatic heterocycles. The topological polar surface area (TPSA) is 263 Å². The molecule has 62 heavy (non-hydrogen) atoms. The van der Waals surface area contributed by atoms with E-state index in [-0.39, 0.29) is 74.1 Å². The van der Waals surface area contributed by atoms with Gasteiger partial charge in [0.05, 0.1) is 24.2 Å². The predicted octanol–water partition coefficient (Wildman–Crippen LogP) is 2.17. The first kappa shape index (κ1) is 44.3. The summed E-state index contributed by atoms with van der Waals surface area (Å²) in [5, 5.41) is 28.3. The first-order chi connectivity index (χ1) is 29.7. The molecule has 4 amide bonds. The molecule has 16 nitrogen and oxygen atoms in total. The van der Waals surface area contributed by atoms with Gasteiger partial charge in [0.25, 0.3) is 0 Å². The Bertz CT molecular complexity index is 2550. The van der Waals surface area contributed by atoms with Gasteiger partial charge in [-0.3, -0.25) is 29.6 Å². The number of rotatable bonds is 9. The number of carboxylic acid groups (broad SMARTS) is 1. The number of fused-ring (bicyclic) bond motifs is 2. The number of hydrogen-bond acceptors (Lipinski definition) is 9. The van der Waals surface area contributed by atoms with Crippen molar-refractivity contribution in [2.24, 2.45) is 5.73 Å². The molecule has 2 unspecified atom stereocenters. The van der Waals surface area contributed by atoms with Crippen LogP contribution in [0.4, 0.5) is 0 Å². The molecule has 0 aliphatic carbocycles. The zero-order chi connectivity index (χ0) is 44.2. The highest BCUT2D eigenvalue weighted by Crippen LogP contribution is 2.14. The van der Waals surface area contributed by atoms with E-state index in [9.17, 15) is 37.5 Å². The summed E-state index contributed by atoms with van der Waals surface area (Å²) < 4.78 is 29.8. The molecule has 0 saturated carbocycles. The highest BCUT2D eigenvalue weighted by atomic mass is 32.2. The third kappa shape index (κ3) is 13.1. The van der Waals surface area contributed by atoms with Crippen molar-refractivity contribution in [1.29, 1.82) is 5.41 Å². The largest absolute Gasteiger partial charge is 0.478 e. The van der Waals surface area contributed by atoms with Gasteiger partial charge in [0.15, 0.2) is 0 Å². The number of amides is 4. The summed E-state index contributed by atoms with van der Waals surface area (Å²) in [6.07, 6.45) is -0.0950. The number of hydrogen-bond donors (Lipinski definition) is 8. The number of carbonyl (C=O) groups is 5. The lowest BCUT2D eigenvalue weighted by atomic mass is 10.0. The molecule has 8 rings (SSSR count). The average Bonchev–Trinajstić information content (AvgIpc) is 3.24. The molecule has 3 aliphatic heterocycles. The van der Waals surface area contributed by atoms with Crippen LogP contribution in [0.5, 0.6) is 0 Å². The van der Waals surface area contributed by atoms with Crippen molar-refractivity contribution >= 4 is 45.5 Å². The molecule has 0 spiro atoms. The van der Waals surface area contributed by atoms with Crippen LogP contribution in [0.2, 0.25) is 0 Å². The zero-order valence-electron chi connectivity index (χ0n) is 33.5. The van der Waals surface area contributed by atoms with Gasteiger partial charge in [-0.1, -0.05) is 91.0 Å². The molecule has 2 atom stereocenters. The fourth-order valence-electron chi connectivity index (χ4n) is 6.64. The Balaban J connectivity index is 1.29. The SMILES string of the molecule is N=C(N)c1ccc(CNC(=O)C2Cc3ccc(cc3)CNC(=O)Cc3cccc(n3)CC(=O)NCc3ccc(cc3)CC(NS(=O)(=O)Cc3ccc(C(=O)O)cc3)C(=O)N2)cc1. The van der Waals surface area contributed by atoms with Crippen molar-refractivity contribution in [3.63, 3.8) is 0 Å². The number of pyridine rings is 1. The van der Waals surface area contributed by atoms with Crippen LogP contribution < -0.4 is 31.7 Å². The summed E-state index contributed by atoms with van der Waals surface area (Å²) in [4.78, 5) is 69.8. The van der Waals surface area contributed by atoms with Crippen molar-refractivity contribution in [3.05, 3.63) is 171 Å². The number of carbonyl (C=O) groups excluding carboxylic acids is 4. The summed E-state index contributed by atoms with van der Waals surface area (Å²) >= 11 is 0. The molecule has 320 valence electrons. The summed E-state index contributed by atoms with van der Waals surface area (Å²) in [5.74, 6) is -3.72. The molecular weight excluding hydrogens is 813 g/mol. The lowest BCUT2D eigenvalue weighted by Gasteiger charge is -2.24. The second kappa shape index (κ2) is 20.3. The standard InChI is InChI=1S/C45H46N8O8S/c46-42(47)34-16-12-32(13-17-34)26-50-43(56)38-20-28-4-8-30(9-5-28)24-48-40(54)22-36-2-1-3-37(51-36)23-41(55)49-25-31-10-6-29(7-11-31)21-39(44(57)52-38)53-62(60,61)27-33-14-18-35(19-15-33)45(58)59/h1-19,38-39,53H,20-27H2,(H3,46,47)(H,48,54)(H,49,55)(H,50,56)(H,52,57)(H,58,59). The Labute approximate surface area is 358 Å². The Morgan fingerprint density at radius 3 is 1.74 bits per heavy atom. The van der Waals surface area contributed by atoms with E-state index in [1.165, 1.54) is 24.3 Å². The number of nitrogen functional groups attached to an aromatic ring is 1. The van der Waals surface area contributed by atoms with Crippen LogP contribution in [-0.4, -0.2) is 66.0 Å². The van der Waals surface area contributed by atoms with Gasteiger partial charge in [-0.2, -0.15) is 0 Å². The minimum atomic E-state index is -4.23. The first-order valence-corrected chi connectivity index (χ1v) is 21.3. The summed E-state index contributed by atoms with van der Waals surface area (Å²) in [6, 6.07) is 28.7. The summed E-state index contributed by atoms with van der Waals surface area (Å²) in [7, 11) is -4.23.